The van der Waals surface area contributed by atoms with Crippen LogP contribution >= 0.6 is 0 Å². The molecule has 1 saturated carbocycles. The van der Waals surface area contributed by atoms with Gasteiger partial charge in [-0.05, 0) is 46.5 Å². The minimum Gasteiger partial charge on any atom is -0.466 e. The third kappa shape index (κ3) is 3.49. The predicted octanol–water partition coefficient (Wildman–Crippen LogP) is 2.53. The van der Waals surface area contributed by atoms with Crippen molar-refractivity contribution in [1.29, 1.82) is 0 Å². The average molecular weight is 214 g/mol. The Kier molecular flexibility index (Phi) is 4.58. The summed E-state index contributed by atoms with van der Waals surface area (Å²) in [5.74, 6) is 0.0644. The summed E-state index contributed by atoms with van der Waals surface area (Å²) >= 11 is 0. The number of rotatable bonds is 4. The highest BCUT2D eigenvalue weighted by Crippen LogP contribution is 2.35. The molecule has 88 valence electrons. The van der Waals surface area contributed by atoms with E-state index in [1.54, 1.807) is 0 Å². The SMILES string of the molecule is CCOC(=O)C1CCC(C)(OCC)CC1. The molecular weight excluding hydrogens is 192 g/mol. The van der Waals surface area contributed by atoms with Gasteiger partial charge in [0.05, 0.1) is 18.1 Å². The van der Waals surface area contributed by atoms with Gasteiger partial charge in [0, 0.05) is 6.61 Å². The van der Waals surface area contributed by atoms with Crippen LogP contribution < -0.4 is 0 Å². The molecule has 1 rings (SSSR count). The average Bonchev–Trinajstić information content (AvgIpc) is 2.19. The Bertz CT molecular complexity index is 205. The van der Waals surface area contributed by atoms with E-state index >= 15 is 0 Å². The summed E-state index contributed by atoms with van der Waals surface area (Å²) in [5, 5.41) is 0. The minimum atomic E-state index is -0.0314. The maximum atomic E-state index is 11.5. The number of carbonyl (C=O) groups is 1. The van der Waals surface area contributed by atoms with Crippen LogP contribution in [0.15, 0.2) is 0 Å². The molecule has 0 radical (unpaired) electrons. The van der Waals surface area contributed by atoms with Crippen molar-refractivity contribution in [2.24, 2.45) is 5.92 Å². The fraction of sp³-hybridized carbons (Fsp3) is 0.917. The van der Waals surface area contributed by atoms with Gasteiger partial charge in [-0.2, -0.15) is 0 Å². The van der Waals surface area contributed by atoms with Gasteiger partial charge in [0.15, 0.2) is 0 Å². The molecule has 15 heavy (non-hydrogen) atoms. The Morgan fingerprint density at radius 3 is 2.33 bits per heavy atom. The van der Waals surface area contributed by atoms with Crippen LogP contribution in [-0.4, -0.2) is 24.8 Å². The fourth-order valence-corrected chi connectivity index (χ4v) is 2.22. The van der Waals surface area contributed by atoms with E-state index in [9.17, 15) is 4.79 Å². The van der Waals surface area contributed by atoms with Crippen LogP contribution in [-0.2, 0) is 14.3 Å². The van der Waals surface area contributed by atoms with Crippen molar-refractivity contribution < 1.29 is 14.3 Å². The summed E-state index contributed by atoms with van der Waals surface area (Å²) in [6.45, 7) is 7.24. The van der Waals surface area contributed by atoms with Gasteiger partial charge < -0.3 is 9.47 Å². The molecule has 0 aromatic rings. The summed E-state index contributed by atoms with van der Waals surface area (Å²) in [6.07, 6.45) is 3.72. The molecule has 0 aromatic heterocycles. The van der Waals surface area contributed by atoms with Crippen LogP contribution in [0.5, 0.6) is 0 Å². The first-order valence-electron chi connectivity index (χ1n) is 5.92. The standard InChI is InChI=1S/C12H22O3/c1-4-14-11(13)10-6-8-12(3,9-7-10)15-5-2/h10H,4-9H2,1-3H3. The van der Waals surface area contributed by atoms with Crippen LogP contribution in [0.2, 0.25) is 0 Å². The van der Waals surface area contributed by atoms with E-state index < -0.39 is 0 Å². The van der Waals surface area contributed by atoms with Crippen molar-refractivity contribution in [2.75, 3.05) is 13.2 Å². The highest BCUT2D eigenvalue weighted by atomic mass is 16.5. The second-order valence-electron chi connectivity index (χ2n) is 4.41. The van der Waals surface area contributed by atoms with Crippen LogP contribution in [0.4, 0.5) is 0 Å². The molecule has 0 unspecified atom stereocenters. The first-order chi connectivity index (χ1) is 7.11. The summed E-state index contributed by atoms with van der Waals surface area (Å²) < 4.78 is 10.7. The van der Waals surface area contributed by atoms with Gasteiger partial charge in [-0.3, -0.25) is 4.79 Å². The van der Waals surface area contributed by atoms with Gasteiger partial charge >= 0.3 is 5.97 Å². The fourth-order valence-electron chi connectivity index (χ4n) is 2.22. The molecule has 0 N–H and O–H groups in total. The Labute approximate surface area is 92.1 Å². The first-order valence-corrected chi connectivity index (χ1v) is 5.92. The van der Waals surface area contributed by atoms with E-state index in [1.807, 2.05) is 13.8 Å². The smallest absolute Gasteiger partial charge is 0.308 e. The van der Waals surface area contributed by atoms with E-state index in [2.05, 4.69) is 6.92 Å². The topological polar surface area (TPSA) is 35.5 Å². The molecule has 3 nitrogen and oxygen atoms in total. The van der Waals surface area contributed by atoms with Gasteiger partial charge in [-0.1, -0.05) is 0 Å². The van der Waals surface area contributed by atoms with Gasteiger partial charge in [-0.25, -0.2) is 0 Å². The van der Waals surface area contributed by atoms with E-state index in [-0.39, 0.29) is 17.5 Å². The zero-order valence-electron chi connectivity index (χ0n) is 10.0. The third-order valence-electron chi connectivity index (χ3n) is 3.16. The zero-order chi connectivity index (χ0) is 11.3. The summed E-state index contributed by atoms with van der Waals surface area (Å²) in [6, 6.07) is 0. The monoisotopic (exact) mass is 214 g/mol. The molecule has 0 amide bonds. The van der Waals surface area contributed by atoms with Crippen molar-refractivity contribution in [3.05, 3.63) is 0 Å². The van der Waals surface area contributed by atoms with Gasteiger partial charge in [0.2, 0.25) is 0 Å². The van der Waals surface area contributed by atoms with Crippen molar-refractivity contribution in [1.82, 2.24) is 0 Å². The van der Waals surface area contributed by atoms with Gasteiger partial charge in [-0.15, -0.1) is 0 Å². The van der Waals surface area contributed by atoms with E-state index in [0.717, 1.165) is 32.3 Å². The quantitative estimate of drug-likeness (QED) is 0.675. The molecule has 3 heteroatoms. The van der Waals surface area contributed by atoms with Crippen molar-refractivity contribution >= 4 is 5.97 Å². The van der Waals surface area contributed by atoms with Crippen LogP contribution in [0.3, 0.4) is 0 Å². The molecule has 0 saturated heterocycles. The normalized spacial score (nSPS) is 31.3. The number of hydrogen-bond donors (Lipinski definition) is 0. The maximum Gasteiger partial charge on any atom is 0.308 e. The lowest BCUT2D eigenvalue weighted by Gasteiger charge is -2.36. The van der Waals surface area contributed by atoms with Crippen molar-refractivity contribution in [2.45, 2.75) is 52.1 Å². The number of ether oxygens (including phenoxy) is 2. The maximum absolute atomic E-state index is 11.5. The lowest BCUT2D eigenvalue weighted by molar-refractivity contribution is -0.151. The molecule has 1 aliphatic rings. The lowest BCUT2D eigenvalue weighted by Crippen LogP contribution is -2.36. The molecule has 0 aromatic carbocycles. The van der Waals surface area contributed by atoms with Gasteiger partial charge in [0.25, 0.3) is 0 Å². The second kappa shape index (κ2) is 5.50. The summed E-state index contributed by atoms with van der Waals surface area (Å²) in [4.78, 5) is 11.5. The Morgan fingerprint density at radius 2 is 1.87 bits per heavy atom. The van der Waals surface area contributed by atoms with Crippen LogP contribution in [0.25, 0.3) is 0 Å². The molecule has 1 fully saturated rings. The molecule has 0 aliphatic heterocycles. The Morgan fingerprint density at radius 1 is 1.27 bits per heavy atom. The largest absolute Gasteiger partial charge is 0.466 e. The molecule has 0 heterocycles. The minimum absolute atomic E-state index is 0.0161. The summed E-state index contributed by atoms with van der Waals surface area (Å²) in [7, 11) is 0. The zero-order valence-corrected chi connectivity index (χ0v) is 10.0. The molecule has 0 atom stereocenters. The lowest BCUT2D eigenvalue weighted by atomic mass is 9.80. The molecular formula is C12H22O3. The number of carbonyl (C=O) groups excluding carboxylic acids is 1. The predicted molar refractivity (Wildman–Crippen MR) is 58.6 cm³/mol. The Hall–Kier alpha value is -0.570. The highest BCUT2D eigenvalue weighted by Gasteiger charge is 2.34. The molecule has 0 spiro atoms. The summed E-state index contributed by atoms with van der Waals surface area (Å²) in [5.41, 5.74) is -0.0161. The Balaban J connectivity index is 2.38. The van der Waals surface area contributed by atoms with Crippen molar-refractivity contribution in [3.63, 3.8) is 0 Å². The first kappa shape index (κ1) is 12.5. The highest BCUT2D eigenvalue weighted by molar-refractivity contribution is 5.72. The van der Waals surface area contributed by atoms with Crippen LogP contribution in [0.1, 0.15) is 46.5 Å². The van der Waals surface area contributed by atoms with Gasteiger partial charge in [0.1, 0.15) is 0 Å². The van der Waals surface area contributed by atoms with E-state index in [4.69, 9.17) is 9.47 Å². The van der Waals surface area contributed by atoms with E-state index in [0.29, 0.717) is 6.61 Å². The van der Waals surface area contributed by atoms with Crippen LogP contribution in [0, 0.1) is 5.92 Å². The molecule has 1 aliphatic carbocycles. The van der Waals surface area contributed by atoms with Crippen molar-refractivity contribution in [3.8, 4) is 0 Å². The van der Waals surface area contributed by atoms with E-state index in [1.165, 1.54) is 0 Å². The molecule has 0 bridgehead atoms. The number of esters is 1. The third-order valence-corrected chi connectivity index (χ3v) is 3.16. The second-order valence-corrected chi connectivity index (χ2v) is 4.41. The number of hydrogen-bond acceptors (Lipinski definition) is 3.